The zero-order valence-corrected chi connectivity index (χ0v) is 10.6. The molecule has 0 aliphatic heterocycles. The highest BCUT2D eigenvalue weighted by molar-refractivity contribution is 5.94. The van der Waals surface area contributed by atoms with E-state index in [1.165, 1.54) is 0 Å². The zero-order valence-electron chi connectivity index (χ0n) is 10.6. The molecular formula is C13H20N2O2. The average Bonchev–Trinajstić information content (AvgIpc) is 2.31. The van der Waals surface area contributed by atoms with Crippen molar-refractivity contribution in [3.8, 4) is 5.75 Å². The third-order valence-corrected chi connectivity index (χ3v) is 2.31. The van der Waals surface area contributed by atoms with Crippen molar-refractivity contribution in [1.29, 1.82) is 0 Å². The molecule has 0 heterocycles. The summed E-state index contributed by atoms with van der Waals surface area (Å²) in [4.78, 5) is 13.2. The van der Waals surface area contributed by atoms with Gasteiger partial charge in [0.2, 0.25) is 5.91 Å². The topological polar surface area (TPSA) is 55.6 Å². The van der Waals surface area contributed by atoms with Gasteiger partial charge in [-0.3, -0.25) is 4.79 Å². The first-order valence-electron chi connectivity index (χ1n) is 5.85. The molecule has 0 bridgehead atoms. The number of hydrogen-bond donors (Lipinski definition) is 1. The Hall–Kier alpha value is -1.55. The van der Waals surface area contributed by atoms with Crippen LogP contribution in [0, 0.1) is 0 Å². The molecule has 0 saturated heterocycles. The lowest BCUT2D eigenvalue weighted by Crippen LogP contribution is -2.35. The van der Waals surface area contributed by atoms with E-state index < -0.39 is 0 Å². The molecule has 0 aliphatic carbocycles. The van der Waals surface area contributed by atoms with Crippen LogP contribution in [0.4, 0.5) is 5.69 Å². The van der Waals surface area contributed by atoms with Crippen LogP contribution in [-0.2, 0) is 4.79 Å². The second-order valence-electron chi connectivity index (χ2n) is 4.00. The van der Waals surface area contributed by atoms with Crippen LogP contribution in [0.1, 0.15) is 20.8 Å². The van der Waals surface area contributed by atoms with Gasteiger partial charge in [-0.1, -0.05) is 0 Å². The van der Waals surface area contributed by atoms with Gasteiger partial charge in [-0.05, 0) is 45.0 Å². The molecule has 94 valence electrons. The minimum absolute atomic E-state index is 0.0259. The fraction of sp³-hybridized carbons (Fsp3) is 0.462. The second-order valence-corrected chi connectivity index (χ2v) is 4.00. The maximum atomic E-state index is 11.6. The molecule has 0 atom stereocenters. The molecule has 0 aliphatic rings. The zero-order chi connectivity index (χ0) is 12.8. The standard InChI is InChI=1S/C13H20N2O2/c1-4-15(13(16)9-14)11-5-7-12(8-6-11)17-10(2)3/h5-8,10H,4,9,14H2,1-3H3. The lowest BCUT2D eigenvalue weighted by atomic mass is 10.2. The number of nitrogens with two attached hydrogens (primary N) is 1. The molecule has 0 saturated carbocycles. The van der Waals surface area contributed by atoms with E-state index in [0.29, 0.717) is 6.54 Å². The van der Waals surface area contributed by atoms with Gasteiger partial charge in [-0.2, -0.15) is 0 Å². The molecule has 2 N–H and O–H groups in total. The van der Waals surface area contributed by atoms with Gasteiger partial charge < -0.3 is 15.4 Å². The number of ether oxygens (including phenoxy) is 1. The quantitative estimate of drug-likeness (QED) is 0.848. The lowest BCUT2D eigenvalue weighted by molar-refractivity contribution is -0.117. The van der Waals surface area contributed by atoms with Gasteiger partial charge >= 0.3 is 0 Å². The third kappa shape index (κ3) is 3.75. The molecule has 17 heavy (non-hydrogen) atoms. The first kappa shape index (κ1) is 13.5. The number of rotatable bonds is 5. The molecule has 1 rings (SSSR count). The average molecular weight is 236 g/mol. The van der Waals surface area contributed by atoms with Gasteiger partial charge in [0.25, 0.3) is 0 Å². The van der Waals surface area contributed by atoms with E-state index >= 15 is 0 Å². The Morgan fingerprint density at radius 1 is 1.35 bits per heavy atom. The van der Waals surface area contributed by atoms with Crippen molar-refractivity contribution in [1.82, 2.24) is 0 Å². The van der Waals surface area contributed by atoms with Crippen molar-refractivity contribution >= 4 is 11.6 Å². The van der Waals surface area contributed by atoms with E-state index in [1.54, 1.807) is 4.90 Å². The Bertz CT molecular complexity index is 360. The summed E-state index contributed by atoms with van der Waals surface area (Å²) in [5.74, 6) is 0.727. The molecule has 0 radical (unpaired) electrons. The fourth-order valence-corrected chi connectivity index (χ4v) is 1.59. The summed E-state index contributed by atoms with van der Waals surface area (Å²) in [7, 11) is 0. The summed E-state index contributed by atoms with van der Waals surface area (Å²) in [6, 6.07) is 7.47. The molecular weight excluding hydrogens is 216 g/mol. The molecule has 1 aromatic carbocycles. The number of benzene rings is 1. The predicted molar refractivity (Wildman–Crippen MR) is 69.3 cm³/mol. The summed E-state index contributed by atoms with van der Waals surface area (Å²) in [6.45, 7) is 6.51. The summed E-state index contributed by atoms with van der Waals surface area (Å²) >= 11 is 0. The molecule has 0 aromatic heterocycles. The lowest BCUT2D eigenvalue weighted by Gasteiger charge is -2.20. The van der Waals surface area contributed by atoms with Crippen molar-refractivity contribution in [2.24, 2.45) is 5.73 Å². The van der Waals surface area contributed by atoms with Crippen molar-refractivity contribution in [3.63, 3.8) is 0 Å². The maximum Gasteiger partial charge on any atom is 0.240 e. The summed E-state index contributed by atoms with van der Waals surface area (Å²) in [6.07, 6.45) is 0.147. The smallest absolute Gasteiger partial charge is 0.240 e. The Morgan fingerprint density at radius 3 is 2.35 bits per heavy atom. The minimum atomic E-state index is -0.0787. The van der Waals surface area contributed by atoms with Crippen molar-refractivity contribution in [3.05, 3.63) is 24.3 Å². The van der Waals surface area contributed by atoms with E-state index in [4.69, 9.17) is 10.5 Å². The Labute approximate surface area is 102 Å². The number of carbonyl (C=O) groups is 1. The number of hydrogen-bond acceptors (Lipinski definition) is 3. The Morgan fingerprint density at radius 2 is 1.94 bits per heavy atom. The van der Waals surface area contributed by atoms with Crippen molar-refractivity contribution in [2.45, 2.75) is 26.9 Å². The van der Waals surface area contributed by atoms with Crippen LogP contribution in [0.15, 0.2) is 24.3 Å². The minimum Gasteiger partial charge on any atom is -0.491 e. The first-order chi connectivity index (χ1) is 8.08. The van der Waals surface area contributed by atoms with Gasteiger partial charge in [-0.15, -0.1) is 0 Å². The van der Waals surface area contributed by atoms with E-state index in [0.717, 1.165) is 11.4 Å². The number of anilines is 1. The summed E-state index contributed by atoms with van der Waals surface area (Å²) in [5, 5.41) is 0. The molecule has 0 unspecified atom stereocenters. The largest absolute Gasteiger partial charge is 0.491 e. The second kappa shape index (κ2) is 6.25. The van der Waals surface area contributed by atoms with Crippen LogP contribution in [0.2, 0.25) is 0 Å². The summed E-state index contributed by atoms with van der Waals surface area (Å²) in [5.41, 5.74) is 6.21. The number of nitrogens with zero attached hydrogens (tertiary/aromatic N) is 1. The fourth-order valence-electron chi connectivity index (χ4n) is 1.59. The van der Waals surface area contributed by atoms with Gasteiger partial charge in [0.15, 0.2) is 0 Å². The maximum absolute atomic E-state index is 11.6. The SMILES string of the molecule is CCN(C(=O)CN)c1ccc(OC(C)C)cc1. The van der Waals surface area contributed by atoms with Crippen LogP contribution in [0.3, 0.4) is 0 Å². The molecule has 4 heteroatoms. The van der Waals surface area contributed by atoms with Gasteiger partial charge in [-0.25, -0.2) is 0 Å². The number of carbonyl (C=O) groups excluding carboxylic acids is 1. The van der Waals surface area contributed by atoms with Crippen LogP contribution >= 0.6 is 0 Å². The predicted octanol–water partition coefficient (Wildman–Crippen LogP) is 1.79. The monoisotopic (exact) mass is 236 g/mol. The highest BCUT2D eigenvalue weighted by Crippen LogP contribution is 2.20. The normalized spacial score (nSPS) is 10.4. The van der Waals surface area contributed by atoms with Crippen LogP contribution in [0.5, 0.6) is 5.75 Å². The van der Waals surface area contributed by atoms with Gasteiger partial charge in [0, 0.05) is 12.2 Å². The van der Waals surface area contributed by atoms with E-state index in [2.05, 4.69) is 0 Å². The Kier molecular flexibility index (Phi) is 4.97. The Balaban J connectivity index is 2.81. The van der Waals surface area contributed by atoms with E-state index in [9.17, 15) is 4.79 Å². The number of amides is 1. The highest BCUT2D eigenvalue weighted by atomic mass is 16.5. The van der Waals surface area contributed by atoms with Crippen LogP contribution < -0.4 is 15.4 Å². The molecule has 4 nitrogen and oxygen atoms in total. The molecule has 1 aromatic rings. The van der Waals surface area contributed by atoms with Crippen molar-refractivity contribution < 1.29 is 9.53 Å². The molecule has 0 spiro atoms. The third-order valence-electron chi connectivity index (χ3n) is 2.31. The van der Waals surface area contributed by atoms with Gasteiger partial charge in [0.05, 0.1) is 12.6 Å². The van der Waals surface area contributed by atoms with Crippen molar-refractivity contribution in [2.75, 3.05) is 18.0 Å². The van der Waals surface area contributed by atoms with Gasteiger partial charge in [0.1, 0.15) is 5.75 Å². The molecule has 0 fully saturated rings. The van der Waals surface area contributed by atoms with E-state index in [1.807, 2.05) is 45.0 Å². The number of likely N-dealkylation sites (N-methyl/N-ethyl adjacent to an activating group) is 1. The van der Waals surface area contributed by atoms with Crippen LogP contribution in [-0.4, -0.2) is 25.1 Å². The highest BCUT2D eigenvalue weighted by Gasteiger charge is 2.11. The molecule has 1 amide bonds. The van der Waals surface area contributed by atoms with Crippen LogP contribution in [0.25, 0.3) is 0 Å². The summed E-state index contributed by atoms with van der Waals surface area (Å²) < 4.78 is 5.54. The first-order valence-corrected chi connectivity index (χ1v) is 5.85. The van der Waals surface area contributed by atoms with E-state index in [-0.39, 0.29) is 18.6 Å².